The quantitative estimate of drug-likeness (QED) is 0.588. The summed E-state index contributed by atoms with van der Waals surface area (Å²) in [5, 5.41) is 0. The Morgan fingerprint density at radius 3 is 2.56 bits per heavy atom. The Hall–Kier alpha value is -2.36. The van der Waals surface area contributed by atoms with E-state index >= 15 is 0 Å². The zero-order chi connectivity index (χ0) is 13.4. The average Bonchev–Trinajstić information content (AvgIpc) is 2.42. The molecule has 0 aliphatic heterocycles. The van der Waals surface area contributed by atoms with Gasteiger partial charge in [0.05, 0.1) is 12.7 Å². The molecule has 94 valence electrons. The van der Waals surface area contributed by atoms with Gasteiger partial charge in [-0.3, -0.25) is 0 Å². The minimum atomic E-state index is -0.588. The lowest BCUT2D eigenvalue weighted by Crippen LogP contribution is -2.12. The van der Waals surface area contributed by atoms with Crippen molar-refractivity contribution in [2.75, 3.05) is 13.7 Å². The molecule has 1 aromatic rings. The normalized spacial score (nSPS) is 10.1. The lowest BCUT2D eigenvalue weighted by Gasteiger charge is -2.03. The van der Waals surface area contributed by atoms with E-state index in [2.05, 4.69) is 11.3 Å². The molecule has 0 spiro atoms. The van der Waals surface area contributed by atoms with Crippen LogP contribution in [0.25, 0.3) is 6.08 Å². The second-order valence-electron chi connectivity index (χ2n) is 3.45. The first-order valence-corrected chi connectivity index (χ1v) is 5.29. The largest absolute Gasteiger partial charge is 0.466 e. The molecule has 0 radical (unpaired) electrons. The van der Waals surface area contributed by atoms with Crippen molar-refractivity contribution in [2.24, 2.45) is 0 Å². The Bertz CT molecular complexity index is 460. The molecular formula is C14H14O4. The second kappa shape index (κ2) is 7.06. The number of hydrogen-bond acceptors (Lipinski definition) is 4. The summed E-state index contributed by atoms with van der Waals surface area (Å²) in [6, 6.07) is 9.33. The maximum atomic E-state index is 11.3. The van der Waals surface area contributed by atoms with Gasteiger partial charge in [0.15, 0.2) is 0 Å². The summed E-state index contributed by atoms with van der Waals surface area (Å²) in [6.07, 6.45) is 2.92. The van der Waals surface area contributed by atoms with E-state index in [9.17, 15) is 9.59 Å². The summed E-state index contributed by atoms with van der Waals surface area (Å²) >= 11 is 0. The van der Waals surface area contributed by atoms with Gasteiger partial charge in [0.2, 0.25) is 0 Å². The minimum absolute atomic E-state index is 0.0963. The molecule has 0 saturated heterocycles. The molecule has 0 amide bonds. The predicted molar refractivity (Wildman–Crippen MR) is 67.6 cm³/mol. The van der Waals surface area contributed by atoms with Crippen LogP contribution in [0.5, 0.6) is 0 Å². The van der Waals surface area contributed by atoms with Crippen LogP contribution in [-0.4, -0.2) is 25.7 Å². The smallest absolute Gasteiger partial charge is 0.336 e. The van der Waals surface area contributed by atoms with Crippen LogP contribution in [0.2, 0.25) is 0 Å². The van der Waals surface area contributed by atoms with Crippen molar-refractivity contribution in [3.63, 3.8) is 0 Å². The monoisotopic (exact) mass is 246 g/mol. The fourth-order valence-corrected chi connectivity index (χ4v) is 1.14. The van der Waals surface area contributed by atoms with E-state index in [0.717, 1.165) is 5.56 Å². The van der Waals surface area contributed by atoms with Crippen LogP contribution < -0.4 is 0 Å². The molecule has 0 bridgehead atoms. The van der Waals surface area contributed by atoms with E-state index < -0.39 is 11.9 Å². The molecule has 0 aromatic heterocycles. The summed E-state index contributed by atoms with van der Waals surface area (Å²) in [5.74, 6) is -1.13. The van der Waals surface area contributed by atoms with Crippen molar-refractivity contribution < 1.29 is 19.1 Å². The summed E-state index contributed by atoms with van der Waals surface area (Å²) < 4.78 is 9.25. The highest BCUT2D eigenvalue weighted by atomic mass is 16.5. The number of hydrogen-bond donors (Lipinski definition) is 0. The van der Waals surface area contributed by atoms with Crippen molar-refractivity contribution in [1.29, 1.82) is 0 Å². The van der Waals surface area contributed by atoms with E-state index in [1.165, 1.54) is 13.2 Å². The van der Waals surface area contributed by atoms with Gasteiger partial charge in [-0.1, -0.05) is 36.9 Å². The highest BCUT2D eigenvalue weighted by Gasteiger charge is 2.08. The Balaban J connectivity index is 2.41. The summed E-state index contributed by atoms with van der Waals surface area (Å²) in [4.78, 5) is 22.3. The molecule has 0 fully saturated rings. The number of methoxy groups -OCH3 is 1. The van der Waals surface area contributed by atoms with Crippen molar-refractivity contribution in [1.82, 2.24) is 0 Å². The SMILES string of the molecule is C=C(COC(=O)/C=C/c1ccccc1)C(=O)OC. The molecule has 0 heterocycles. The first kappa shape index (κ1) is 13.7. The van der Waals surface area contributed by atoms with Crippen LogP contribution in [0.1, 0.15) is 5.56 Å². The zero-order valence-corrected chi connectivity index (χ0v) is 10.1. The molecule has 1 aromatic carbocycles. The van der Waals surface area contributed by atoms with Crippen LogP contribution in [0.15, 0.2) is 48.6 Å². The topological polar surface area (TPSA) is 52.6 Å². The fourth-order valence-electron chi connectivity index (χ4n) is 1.14. The van der Waals surface area contributed by atoms with E-state index in [4.69, 9.17) is 4.74 Å². The third kappa shape index (κ3) is 4.65. The van der Waals surface area contributed by atoms with Crippen molar-refractivity contribution >= 4 is 18.0 Å². The van der Waals surface area contributed by atoms with Crippen LogP contribution in [0, 0.1) is 0 Å². The summed E-state index contributed by atoms with van der Waals surface area (Å²) in [6.45, 7) is 3.26. The van der Waals surface area contributed by atoms with Gasteiger partial charge in [0.1, 0.15) is 6.61 Å². The Kier molecular flexibility index (Phi) is 5.38. The van der Waals surface area contributed by atoms with Crippen LogP contribution in [-0.2, 0) is 19.1 Å². The van der Waals surface area contributed by atoms with Crippen LogP contribution in [0.4, 0.5) is 0 Å². The molecule has 0 aliphatic rings. The molecule has 0 atom stereocenters. The molecule has 0 saturated carbocycles. The highest BCUT2D eigenvalue weighted by molar-refractivity contribution is 5.90. The molecule has 18 heavy (non-hydrogen) atoms. The summed E-state index contributed by atoms with van der Waals surface area (Å²) in [5.41, 5.74) is 0.986. The molecule has 4 nitrogen and oxygen atoms in total. The number of rotatable bonds is 5. The van der Waals surface area contributed by atoms with E-state index in [-0.39, 0.29) is 12.2 Å². The summed E-state index contributed by atoms with van der Waals surface area (Å²) in [7, 11) is 1.24. The lowest BCUT2D eigenvalue weighted by molar-refractivity contribution is -0.139. The maximum absolute atomic E-state index is 11.3. The average molecular weight is 246 g/mol. The van der Waals surface area contributed by atoms with Crippen molar-refractivity contribution in [2.45, 2.75) is 0 Å². The molecule has 1 rings (SSSR count). The minimum Gasteiger partial charge on any atom is -0.466 e. The Morgan fingerprint density at radius 1 is 1.28 bits per heavy atom. The number of ether oxygens (including phenoxy) is 2. The van der Waals surface area contributed by atoms with E-state index in [1.54, 1.807) is 6.08 Å². The van der Waals surface area contributed by atoms with Crippen LogP contribution >= 0.6 is 0 Å². The Morgan fingerprint density at radius 2 is 1.94 bits per heavy atom. The third-order valence-electron chi connectivity index (χ3n) is 2.07. The first-order valence-electron chi connectivity index (χ1n) is 5.29. The number of carbonyl (C=O) groups excluding carboxylic acids is 2. The number of carbonyl (C=O) groups is 2. The maximum Gasteiger partial charge on any atom is 0.336 e. The molecular weight excluding hydrogens is 232 g/mol. The van der Waals surface area contributed by atoms with E-state index in [0.29, 0.717) is 0 Å². The van der Waals surface area contributed by atoms with Crippen LogP contribution in [0.3, 0.4) is 0 Å². The molecule has 0 N–H and O–H groups in total. The lowest BCUT2D eigenvalue weighted by atomic mass is 10.2. The van der Waals surface area contributed by atoms with E-state index in [1.807, 2.05) is 30.3 Å². The predicted octanol–water partition coefficient (Wildman–Crippen LogP) is 1.97. The van der Waals surface area contributed by atoms with Gasteiger partial charge in [-0.2, -0.15) is 0 Å². The van der Waals surface area contributed by atoms with Crippen molar-refractivity contribution in [3.8, 4) is 0 Å². The van der Waals surface area contributed by atoms with Gasteiger partial charge >= 0.3 is 11.9 Å². The van der Waals surface area contributed by atoms with Gasteiger partial charge in [0.25, 0.3) is 0 Å². The zero-order valence-electron chi connectivity index (χ0n) is 10.1. The van der Waals surface area contributed by atoms with Gasteiger partial charge in [0, 0.05) is 6.08 Å². The van der Waals surface area contributed by atoms with Crippen molar-refractivity contribution in [3.05, 3.63) is 54.1 Å². The third-order valence-corrected chi connectivity index (χ3v) is 2.07. The number of benzene rings is 1. The molecule has 4 heteroatoms. The highest BCUT2D eigenvalue weighted by Crippen LogP contribution is 2.02. The number of esters is 2. The standard InChI is InChI=1S/C14H14O4/c1-11(14(16)17-2)10-18-13(15)9-8-12-6-4-3-5-7-12/h3-9H,1,10H2,2H3/b9-8+. The van der Waals surface area contributed by atoms with Gasteiger partial charge in [-0.15, -0.1) is 0 Å². The first-order chi connectivity index (χ1) is 8.63. The second-order valence-corrected chi connectivity index (χ2v) is 3.45. The molecule has 0 aliphatic carbocycles. The molecule has 0 unspecified atom stereocenters. The fraction of sp³-hybridized carbons (Fsp3) is 0.143. The Labute approximate surface area is 106 Å². The van der Waals surface area contributed by atoms with Gasteiger partial charge < -0.3 is 9.47 Å². The van der Waals surface area contributed by atoms with Gasteiger partial charge in [-0.25, -0.2) is 9.59 Å². The van der Waals surface area contributed by atoms with Gasteiger partial charge in [-0.05, 0) is 11.6 Å².